The predicted molar refractivity (Wildman–Crippen MR) is 98.7 cm³/mol. The molecule has 0 amide bonds. The standard InChI is InChI=1S/C20H17FN4O/c1-22-19-20-24-12-17(25(20)10-9-23-19)15-7-8-18(16(21)11-15)26-13-14-5-3-2-4-6-14/h2-12H,13H2,1H3,(H,22,23). The van der Waals surface area contributed by atoms with E-state index in [1.54, 1.807) is 31.7 Å². The summed E-state index contributed by atoms with van der Waals surface area (Å²) in [5, 5.41) is 3.00. The van der Waals surface area contributed by atoms with Gasteiger partial charge in [0, 0.05) is 25.0 Å². The van der Waals surface area contributed by atoms with E-state index in [9.17, 15) is 4.39 Å². The highest BCUT2D eigenvalue weighted by molar-refractivity contribution is 5.70. The average Bonchev–Trinajstić information content (AvgIpc) is 3.12. The molecule has 0 saturated heterocycles. The lowest BCUT2D eigenvalue weighted by molar-refractivity contribution is 0.290. The van der Waals surface area contributed by atoms with Gasteiger partial charge in [0.15, 0.2) is 23.0 Å². The Hall–Kier alpha value is -3.41. The quantitative estimate of drug-likeness (QED) is 0.588. The van der Waals surface area contributed by atoms with Gasteiger partial charge in [0.25, 0.3) is 0 Å². The van der Waals surface area contributed by atoms with E-state index in [1.807, 2.05) is 40.8 Å². The number of benzene rings is 2. The smallest absolute Gasteiger partial charge is 0.180 e. The number of hydrogen-bond acceptors (Lipinski definition) is 4. The lowest BCUT2D eigenvalue weighted by atomic mass is 10.1. The van der Waals surface area contributed by atoms with Crippen molar-refractivity contribution in [2.45, 2.75) is 6.61 Å². The van der Waals surface area contributed by atoms with Gasteiger partial charge in [-0.3, -0.25) is 4.40 Å². The lowest BCUT2D eigenvalue weighted by Crippen LogP contribution is -1.99. The summed E-state index contributed by atoms with van der Waals surface area (Å²) in [6.45, 7) is 0.323. The van der Waals surface area contributed by atoms with E-state index < -0.39 is 5.82 Å². The summed E-state index contributed by atoms with van der Waals surface area (Å²) in [6.07, 6.45) is 5.19. The molecule has 6 heteroatoms. The maximum Gasteiger partial charge on any atom is 0.180 e. The monoisotopic (exact) mass is 348 g/mol. The van der Waals surface area contributed by atoms with Crippen LogP contribution in [0.25, 0.3) is 16.9 Å². The summed E-state index contributed by atoms with van der Waals surface area (Å²) in [5.41, 5.74) is 3.18. The molecule has 2 heterocycles. The lowest BCUT2D eigenvalue weighted by Gasteiger charge is -2.09. The Kier molecular flexibility index (Phi) is 4.23. The van der Waals surface area contributed by atoms with Gasteiger partial charge in [-0.05, 0) is 23.8 Å². The van der Waals surface area contributed by atoms with Crippen LogP contribution in [0.4, 0.5) is 10.2 Å². The number of halogens is 1. The number of nitrogens with zero attached hydrogens (tertiary/aromatic N) is 3. The van der Waals surface area contributed by atoms with Gasteiger partial charge in [0.2, 0.25) is 0 Å². The molecule has 0 bridgehead atoms. The molecule has 0 aliphatic carbocycles. The van der Waals surface area contributed by atoms with Crippen molar-refractivity contribution in [3.8, 4) is 17.0 Å². The van der Waals surface area contributed by atoms with Gasteiger partial charge in [-0.15, -0.1) is 0 Å². The van der Waals surface area contributed by atoms with Crippen LogP contribution in [0.1, 0.15) is 5.56 Å². The SMILES string of the molecule is CNc1nccn2c(-c3ccc(OCc4ccccc4)c(F)c3)cnc12. The average molecular weight is 348 g/mol. The Bertz CT molecular complexity index is 1050. The number of rotatable bonds is 5. The zero-order valence-electron chi connectivity index (χ0n) is 14.2. The van der Waals surface area contributed by atoms with E-state index in [-0.39, 0.29) is 5.75 Å². The topological polar surface area (TPSA) is 51.5 Å². The molecule has 2 aromatic heterocycles. The van der Waals surface area contributed by atoms with Gasteiger partial charge in [0.05, 0.1) is 11.9 Å². The zero-order valence-corrected chi connectivity index (χ0v) is 14.2. The fourth-order valence-corrected chi connectivity index (χ4v) is 2.82. The Morgan fingerprint density at radius 1 is 1.12 bits per heavy atom. The zero-order chi connectivity index (χ0) is 17.9. The first-order chi connectivity index (χ1) is 12.8. The first-order valence-corrected chi connectivity index (χ1v) is 8.23. The Morgan fingerprint density at radius 2 is 1.96 bits per heavy atom. The van der Waals surface area contributed by atoms with Crippen molar-refractivity contribution in [3.05, 3.63) is 78.5 Å². The minimum absolute atomic E-state index is 0.226. The molecule has 4 rings (SSSR count). The molecular formula is C20H17FN4O. The van der Waals surface area contributed by atoms with E-state index >= 15 is 0 Å². The highest BCUT2D eigenvalue weighted by atomic mass is 19.1. The third kappa shape index (κ3) is 2.97. The summed E-state index contributed by atoms with van der Waals surface area (Å²) in [7, 11) is 1.79. The number of hydrogen-bond donors (Lipinski definition) is 1. The second-order valence-electron chi connectivity index (χ2n) is 5.78. The summed E-state index contributed by atoms with van der Waals surface area (Å²) >= 11 is 0. The molecular weight excluding hydrogens is 331 g/mol. The van der Waals surface area contributed by atoms with Crippen LogP contribution >= 0.6 is 0 Å². The fraction of sp³-hybridized carbons (Fsp3) is 0.100. The third-order valence-electron chi connectivity index (χ3n) is 4.13. The largest absolute Gasteiger partial charge is 0.486 e. The molecule has 0 unspecified atom stereocenters. The minimum atomic E-state index is -0.406. The Labute approximate surface area is 150 Å². The Morgan fingerprint density at radius 3 is 2.73 bits per heavy atom. The van der Waals surface area contributed by atoms with Crippen molar-refractivity contribution in [3.63, 3.8) is 0 Å². The van der Waals surface area contributed by atoms with Crippen LogP contribution in [0.15, 0.2) is 67.1 Å². The normalized spacial score (nSPS) is 10.8. The number of aromatic nitrogens is 3. The molecule has 4 aromatic rings. The maximum atomic E-state index is 14.5. The second kappa shape index (κ2) is 6.84. The van der Waals surface area contributed by atoms with Crippen LogP contribution in [0.3, 0.4) is 0 Å². The van der Waals surface area contributed by atoms with Crippen molar-refractivity contribution < 1.29 is 9.13 Å². The summed E-state index contributed by atoms with van der Waals surface area (Å²) in [4.78, 5) is 8.61. The molecule has 0 atom stereocenters. The van der Waals surface area contributed by atoms with E-state index in [0.717, 1.165) is 16.8 Å². The van der Waals surface area contributed by atoms with Gasteiger partial charge in [-0.1, -0.05) is 30.3 Å². The van der Waals surface area contributed by atoms with Crippen LogP contribution in [-0.4, -0.2) is 21.4 Å². The molecule has 26 heavy (non-hydrogen) atoms. The van der Waals surface area contributed by atoms with Crippen molar-refractivity contribution >= 4 is 11.5 Å². The van der Waals surface area contributed by atoms with Crippen molar-refractivity contribution in [1.82, 2.24) is 14.4 Å². The van der Waals surface area contributed by atoms with Gasteiger partial charge in [-0.2, -0.15) is 0 Å². The van der Waals surface area contributed by atoms with E-state index in [0.29, 0.717) is 18.1 Å². The highest BCUT2D eigenvalue weighted by Gasteiger charge is 2.12. The van der Waals surface area contributed by atoms with Crippen molar-refractivity contribution in [2.75, 3.05) is 12.4 Å². The Balaban J connectivity index is 1.62. The molecule has 1 N–H and O–H groups in total. The van der Waals surface area contributed by atoms with E-state index in [4.69, 9.17) is 4.74 Å². The van der Waals surface area contributed by atoms with Gasteiger partial charge in [0.1, 0.15) is 6.61 Å². The predicted octanol–water partition coefficient (Wildman–Crippen LogP) is 4.16. The van der Waals surface area contributed by atoms with Crippen molar-refractivity contribution in [1.29, 1.82) is 0 Å². The van der Waals surface area contributed by atoms with Crippen LogP contribution < -0.4 is 10.1 Å². The van der Waals surface area contributed by atoms with E-state index in [2.05, 4.69) is 15.3 Å². The highest BCUT2D eigenvalue weighted by Crippen LogP contribution is 2.28. The van der Waals surface area contributed by atoms with E-state index in [1.165, 1.54) is 6.07 Å². The molecule has 0 saturated carbocycles. The number of fused-ring (bicyclic) bond motifs is 1. The van der Waals surface area contributed by atoms with Crippen LogP contribution in [0.5, 0.6) is 5.75 Å². The van der Waals surface area contributed by atoms with Gasteiger partial charge in [-0.25, -0.2) is 14.4 Å². The van der Waals surface area contributed by atoms with Crippen LogP contribution in [0.2, 0.25) is 0 Å². The van der Waals surface area contributed by atoms with Gasteiger partial charge < -0.3 is 10.1 Å². The first-order valence-electron chi connectivity index (χ1n) is 8.23. The summed E-state index contributed by atoms with van der Waals surface area (Å²) in [5.74, 6) is 0.488. The maximum absolute atomic E-state index is 14.5. The van der Waals surface area contributed by atoms with Gasteiger partial charge >= 0.3 is 0 Å². The molecule has 0 aliphatic heterocycles. The summed E-state index contributed by atoms with van der Waals surface area (Å²) in [6, 6.07) is 14.6. The molecule has 130 valence electrons. The third-order valence-corrected chi connectivity index (χ3v) is 4.13. The van der Waals surface area contributed by atoms with Crippen molar-refractivity contribution in [2.24, 2.45) is 0 Å². The second-order valence-corrected chi connectivity index (χ2v) is 5.78. The molecule has 0 fully saturated rings. The summed E-state index contributed by atoms with van der Waals surface area (Å²) < 4.78 is 22.0. The van der Waals surface area contributed by atoms with Crippen LogP contribution in [0, 0.1) is 5.82 Å². The minimum Gasteiger partial charge on any atom is -0.486 e. The first kappa shape index (κ1) is 16.1. The number of anilines is 1. The molecule has 5 nitrogen and oxygen atoms in total. The number of nitrogens with one attached hydrogen (secondary N) is 1. The molecule has 0 radical (unpaired) electrons. The number of ether oxygens (including phenoxy) is 1. The molecule has 2 aromatic carbocycles. The molecule has 0 aliphatic rings. The fourth-order valence-electron chi connectivity index (χ4n) is 2.82. The number of imidazole rings is 1. The molecule has 0 spiro atoms. The van der Waals surface area contributed by atoms with Crippen LogP contribution in [-0.2, 0) is 6.61 Å².